The Labute approximate surface area is 138 Å². The van der Waals surface area contributed by atoms with Gasteiger partial charge in [-0.3, -0.25) is 9.59 Å². The third-order valence-electron chi connectivity index (χ3n) is 3.94. The van der Waals surface area contributed by atoms with E-state index in [0.29, 0.717) is 5.56 Å². The summed E-state index contributed by atoms with van der Waals surface area (Å²) in [6.07, 6.45) is 0. The number of halogens is 1. The molecule has 5 heteroatoms. The Morgan fingerprint density at radius 1 is 1.17 bits per heavy atom. The predicted molar refractivity (Wildman–Crippen MR) is 91.5 cm³/mol. The van der Waals surface area contributed by atoms with Crippen LogP contribution < -0.4 is 5.56 Å². The van der Waals surface area contributed by atoms with Crippen LogP contribution in [-0.4, -0.2) is 22.8 Å². The molecule has 0 atom stereocenters. The number of nitrogens with one attached hydrogen (secondary N) is 1. The van der Waals surface area contributed by atoms with E-state index in [-0.39, 0.29) is 17.7 Å². The van der Waals surface area contributed by atoms with Gasteiger partial charge in [0.1, 0.15) is 5.82 Å². The van der Waals surface area contributed by atoms with Gasteiger partial charge >= 0.3 is 0 Å². The zero-order valence-corrected chi connectivity index (χ0v) is 13.5. The zero-order valence-electron chi connectivity index (χ0n) is 13.5. The number of H-pyrrole nitrogens is 1. The summed E-state index contributed by atoms with van der Waals surface area (Å²) in [6, 6.07) is 13.3. The second-order valence-corrected chi connectivity index (χ2v) is 5.86. The Bertz CT molecular complexity index is 979. The number of amides is 1. The summed E-state index contributed by atoms with van der Waals surface area (Å²) in [4.78, 5) is 28.7. The Balaban J connectivity index is 1.91. The molecule has 1 aromatic heterocycles. The van der Waals surface area contributed by atoms with Crippen molar-refractivity contribution in [2.45, 2.75) is 13.5 Å². The SMILES string of the molecule is Cc1ccc2[nH]c(=O)c(CN(C)C(=O)c3ccccc3F)cc2c1. The zero-order chi connectivity index (χ0) is 17.3. The van der Waals surface area contributed by atoms with Gasteiger partial charge < -0.3 is 9.88 Å². The maximum atomic E-state index is 13.8. The normalized spacial score (nSPS) is 10.8. The minimum absolute atomic E-state index is 0.00642. The van der Waals surface area contributed by atoms with Crippen molar-refractivity contribution in [1.29, 1.82) is 0 Å². The fourth-order valence-corrected chi connectivity index (χ4v) is 2.66. The van der Waals surface area contributed by atoms with Crippen LogP contribution in [0.15, 0.2) is 53.3 Å². The Hall–Kier alpha value is -2.95. The minimum Gasteiger partial charge on any atom is -0.337 e. The van der Waals surface area contributed by atoms with E-state index >= 15 is 0 Å². The van der Waals surface area contributed by atoms with Crippen molar-refractivity contribution in [3.05, 3.63) is 81.4 Å². The van der Waals surface area contributed by atoms with Gasteiger partial charge in [0.2, 0.25) is 0 Å². The molecule has 0 saturated heterocycles. The van der Waals surface area contributed by atoms with Crippen LogP contribution in [0.5, 0.6) is 0 Å². The number of hydrogen-bond donors (Lipinski definition) is 1. The summed E-state index contributed by atoms with van der Waals surface area (Å²) in [6.45, 7) is 2.07. The van der Waals surface area contributed by atoms with E-state index in [4.69, 9.17) is 0 Å². The van der Waals surface area contributed by atoms with Crippen molar-refractivity contribution in [2.75, 3.05) is 7.05 Å². The van der Waals surface area contributed by atoms with Crippen LogP contribution in [0.25, 0.3) is 10.9 Å². The molecule has 0 fully saturated rings. The number of carbonyl (C=O) groups excluding carboxylic acids is 1. The van der Waals surface area contributed by atoms with Crippen molar-refractivity contribution in [2.24, 2.45) is 0 Å². The van der Waals surface area contributed by atoms with Gasteiger partial charge in [-0.15, -0.1) is 0 Å². The monoisotopic (exact) mass is 324 g/mol. The average Bonchev–Trinajstić information content (AvgIpc) is 2.55. The Kier molecular flexibility index (Phi) is 4.16. The third-order valence-corrected chi connectivity index (χ3v) is 3.94. The fraction of sp³-hybridized carbons (Fsp3) is 0.158. The van der Waals surface area contributed by atoms with Crippen LogP contribution in [0.2, 0.25) is 0 Å². The van der Waals surface area contributed by atoms with Crippen LogP contribution in [0, 0.1) is 12.7 Å². The average molecular weight is 324 g/mol. The van der Waals surface area contributed by atoms with Gasteiger partial charge in [-0.1, -0.05) is 23.8 Å². The highest BCUT2D eigenvalue weighted by Crippen LogP contribution is 2.15. The van der Waals surface area contributed by atoms with E-state index < -0.39 is 11.7 Å². The van der Waals surface area contributed by atoms with E-state index in [0.717, 1.165) is 16.5 Å². The number of fused-ring (bicyclic) bond motifs is 1. The molecule has 0 aliphatic rings. The van der Waals surface area contributed by atoms with Gasteiger partial charge in [-0.05, 0) is 42.6 Å². The van der Waals surface area contributed by atoms with Gasteiger partial charge in [0.05, 0.1) is 12.1 Å². The molecule has 0 spiro atoms. The lowest BCUT2D eigenvalue weighted by Crippen LogP contribution is -2.29. The molecule has 0 unspecified atom stereocenters. The summed E-state index contributed by atoms with van der Waals surface area (Å²) >= 11 is 0. The summed E-state index contributed by atoms with van der Waals surface area (Å²) in [5.41, 5.74) is 2.03. The molecule has 1 heterocycles. The molecule has 4 nitrogen and oxygen atoms in total. The molecule has 122 valence electrons. The van der Waals surface area contributed by atoms with Gasteiger partial charge in [0.15, 0.2) is 0 Å². The summed E-state index contributed by atoms with van der Waals surface area (Å²) < 4.78 is 13.8. The standard InChI is InChI=1S/C19H17FN2O2/c1-12-7-8-17-13(9-12)10-14(18(23)21-17)11-22(2)19(24)15-5-3-4-6-16(15)20/h3-10H,11H2,1-2H3,(H,21,23). The number of rotatable bonds is 3. The Morgan fingerprint density at radius 2 is 1.92 bits per heavy atom. The molecule has 0 aliphatic heterocycles. The van der Waals surface area contributed by atoms with Crippen molar-refractivity contribution in [1.82, 2.24) is 9.88 Å². The lowest BCUT2D eigenvalue weighted by atomic mass is 10.1. The quantitative estimate of drug-likeness (QED) is 0.804. The molecule has 0 radical (unpaired) electrons. The number of aryl methyl sites for hydroxylation is 1. The van der Waals surface area contributed by atoms with Gasteiger partial charge in [0.25, 0.3) is 11.5 Å². The van der Waals surface area contributed by atoms with E-state index in [2.05, 4.69) is 4.98 Å². The van der Waals surface area contributed by atoms with Crippen LogP contribution in [0.3, 0.4) is 0 Å². The number of benzene rings is 2. The molecule has 3 aromatic rings. The number of carbonyl (C=O) groups is 1. The topological polar surface area (TPSA) is 53.2 Å². The second-order valence-electron chi connectivity index (χ2n) is 5.86. The molecule has 0 bridgehead atoms. The van der Waals surface area contributed by atoms with Gasteiger partial charge in [-0.2, -0.15) is 0 Å². The van der Waals surface area contributed by atoms with Crippen LogP contribution in [0.1, 0.15) is 21.5 Å². The summed E-state index contributed by atoms with van der Waals surface area (Å²) in [5, 5.41) is 0.899. The smallest absolute Gasteiger partial charge is 0.256 e. The molecule has 24 heavy (non-hydrogen) atoms. The molecule has 1 amide bonds. The fourth-order valence-electron chi connectivity index (χ4n) is 2.66. The molecule has 3 rings (SSSR count). The molecule has 0 saturated carbocycles. The molecule has 0 aliphatic carbocycles. The van der Waals surface area contributed by atoms with Crippen molar-refractivity contribution in [3.8, 4) is 0 Å². The van der Waals surface area contributed by atoms with Gasteiger partial charge in [0, 0.05) is 18.1 Å². The second kappa shape index (κ2) is 6.28. The summed E-state index contributed by atoms with van der Waals surface area (Å²) in [7, 11) is 1.55. The number of pyridine rings is 1. The number of aromatic amines is 1. The van der Waals surface area contributed by atoms with Crippen molar-refractivity contribution < 1.29 is 9.18 Å². The van der Waals surface area contributed by atoms with E-state index in [1.807, 2.05) is 25.1 Å². The van der Waals surface area contributed by atoms with Crippen LogP contribution in [-0.2, 0) is 6.54 Å². The van der Waals surface area contributed by atoms with E-state index in [1.54, 1.807) is 19.2 Å². The van der Waals surface area contributed by atoms with Gasteiger partial charge in [-0.25, -0.2) is 4.39 Å². The lowest BCUT2D eigenvalue weighted by molar-refractivity contribution is 0.0780. The molecular formula is C19H17FN2O2. The first-order valence-corrected chi connectivity index (χ1v) is 7.58. The first kappa shape index (κ1) is 15.9. The lowest BCUT2D eigenvalue weighted by Gasteiger charge is -2.17. The summed E-state index contributed by atoms with van der Waals surface area (Å²) in [5.74, 6) is -1.03. The number of hydrogen-bond acceptors (Lipinski definition) is 2. The number of nitrogens with zero attached hydrogens (tertiary/aromatic N) is 1. The van der Waals surface area contributed by atoms with Crippen molar-refractivity contribution in [3.63, 3.8) is 0 Å². The highest BCUT2D eigenvalue weighted by atomic mass is 19.1. The first-order chi connectivity index (χ1) is 11.5. The van der Waals surface area contributed by atoms with Crippen LogP contribution >= 0.6 is 0 Å². The molecular weight excluding hydrogens is 307 g/mol. The highest BCUT2D eigenvalue weighted by molar-refractivity contribution is 5.94. The van der Waals surface area contributed by atoms with Crippen molar-refractivity contribution >= 4 is 16.8 Å². The van der Waals surface area contributed by atoms with E-state index in [9.17, 15) is 14.0 Å². The molecule has 2 aromatic carbocycles. The van der Waals surface area contributed by atoms with E-state index in [1.165, 1.54) is 23.1 Å². The molecule has 1 N–H and O–H groups in total. The maximum absolute atomic E-state index is 13.8. The maximum Gasteiger partial charge on any atom is 0.256 e. The first-order valence-electron chi connectivity index (χ1n) is 7.58. The predicted octanol–water partition coefficient (Wildman–Crippen LogP) is 3.25. The Morgan fingerprint density at radius 3 is 2.67 bits per heavy atom. The highest BCUT2D eigenvalue weighted by Gasteiger charge is 2.17. The third kappa shape index (κ3) is 3.06. The van der Waals surface area contributed by atoms with Crippen LogP contribution in [0.4, 0.5) is 4.39 Å². The largest absolute Gasteiger partial charge is 0.337 e. The number of aromatic nitrogens is 1. The minimum atomic E-state index is -0.572.